The van der Waals surface area contributed by atoms with E-state index in [9.17, 15) is 9.90 Å². The van der Waals surface area contributed by atoms with Gasteiger partial charge in [-0.05, 0) is 54.4 Å². The Morgan fingerprint density at radius 3 is 2.61 bits per heavy atom. The maximum atomic E-state index is 11.4. The quantitative estimate of drug-likeness (QED) is 0.729. The van der Waals surface area contributed by atoms with E-state index in [-0.39, 0.29) is 5.69 Å². The SMILES string of the molecule is O=C(O)c1ccnc(-n2c(-c3ccccc3)cc3c2CCC(C2CCC2)C3)n1. The molecule has 0 spiro atoms. The summed E-state index contributed by atoms with van der Waals surface area (Å²) in [5, 5.41) is 9.36. The molecule has 28 heavy (non-hydrogen) atoms. The van der Waals surface area contributed by atoms with E-state index in [0.717, 1.165) is 35.9 Å². The summed E-state index contributed by atoms with van der Waals surface area (Å²) in [6.45, 7) is 0. The topological polar surface area (TPSA) is 68.0 Å². The van der Waals surface area contributed by atoms with Gasteiger partial charge in [0, 0.05) is 11.9 Å². The van der Waals surface area contributed by atoms with Gasteiger partial charge in [-0.25, -0.2) is 14.8 Å². The van der Waals surface area contributed by atoms with E-state index >= 15 is 0 Å². The summed E-state index contributed by atoms with van der Waals surface area (Å²) in [5.41, 5.74) is 4.77. The number of benzene rings is 1. The molecule has 1 unspecified atom stereocenters. The minimum absolute atomic E-state index is 0.0228. The highest BCUT2D eigenvalue weighted by molar-refractivity contribution is 5.85. The van der Waals surface area contributed by atoms with Crippen molar-refractivity contribution in [2.24, 2.45) is 11.8 Å². The van der Waals surface area contributed by atoms with Crippen LogP contribution in [0.3, 0.4) is 0 Å². The highest BCUT2D eigenvalue weighted by Gasteiger charge is 2.33. The second-order valence-electron chi connectivity index (χ2n) is 7.94. The highest BCUT2D eigenvalue weighted by atomic mass is 16.4. The van der Waals surface area contributed by atoms with Gasteiger partial charge >= 0.3 is 5.97 Å². The van der Waals surface area contributed by atoms with E-state index < -0.39 is 5.97 Å². The minimum atomic E-state index is -1.03. The maximum absolute atomic E-state index is 11.4. The fourth-order valence-corrected chi connectivity index (χ4v) is 4.70. The Hall–Kier alpha value is -2.95. The van der Waals surface area contributed by atoms with E-state index in [2.05, 4.69) is 32.7 Å². The van der Waals surface area contributed by atoms with Crippen molar-refractivity contribution in [3.8, 4) is 17.2 Å². The zero-order valence-electron chi connectivity index (χ0n) is 15.7. The van der Waals surface area contributed by atoms with Crippen LogP contribution in [0.4, 0.5) is 0 Å². The van der Waals surface area contributed by atoms with Crippen LogP contribution in [0.2, 0.25) is 0 Å². The van der Waals surface area contributed by atoms with Crippen LogP contribution < -0.4 is 0 Å². The largest absolute Gasteiger partial charge is 0.477 e. The van der Waals surface area contributed by atoms with Crippen LogP contribution >= 0.6 is 0 Å². The number of carboxylic acids is 1. The zero-order valence-corrected chi connectivity index (χ0v) is 15.7. The van der Waals surface area contributed by atoms with E-state index in [1.54, 1.807) is 0 Å². The number of hydrogen-bond acceptors (Lipinski definition) is 3. The van der Waals surface area contributed by atoms with Crippen LogP contribution in [0.5, 0.6) is 0 Å². The number of aromatic carboxylic acids is 1. The van der Waals surface area contributed by atoms with Crippen LogP contribution in [-0.2, 0) is 12.8 Å². The number of carbonyl (C=O) groups is 1. The average molecular weight is 373 g/mol. The van der Waals surface area contributed by atoms with E-state index in [4.69, 9.17) is 0 Å². The average Bonchev–Trinajstić information content (AvgIpc) is 3.06. The molecule has 1 N–H and O–H groups in total. The third-order valence-electron chi connectivity index (χ3n) is 6.37. The highest BCUT2D eigenvalue weighted by Crippen LogP contribution is 2.42. The van der Waals surface area contributed by atoms with Crippen LogP contribution in [-0.4, -0.2) is 25.6 Å². The third-order valence-corrected chi connectivity index (χ3v) is 6.37. The Labute approximate surface area is 164 Å². The number of fused-ring (bicyclic) bond motifs is 1. The van der Waals surface area contributed by atoms with Crippen molar-refractivity contribution in [3.63, 3.8) is 0 Å². The molecule has 5 heteroatoms. The zero-order chi connectivity index (χ0) is 19.1. The normalized spacial score (nSPS) is 19.1. The van der Waals surface area contributed by atoms with Crippen molar-refractivity contribution < 1.29 is 9.90 Å². The molecule has 5 rings (SSSR count). The fraction of sp³-hybridized carbons (Fsp3) is 0.348. The molecule has 1 atom stereocenters. The Kier molecular flexibility index (Phi) is 4.23. The number of hydrogen-bond donors (Lipinski definition) is 1. The maximum Gasteiger partial charge on any atom is 0.354 e. The standard InChI is InChI=1S/C23H23N3O2/c27-22(28)19-11-12-24-23(25-19)26-20-10-9-17(15-7-4-8-15)13-18(20)14-21(26)16-5-2-1-3-6-16/h1-3,5-6,11-12,14-15,17H,4,7-10,13H2,(H,27,28). The van der Waals surface area contributed by atoms with E-state index in [0.29, 0.717) is 5.95 Å². The summed E-state index contributed by atoms with van der Waals surface area (Å²) in [5.74, 6) is 1.06. The lowest BCUT2D eigenvalue weighted by Crippen LogP contribution is -2.27. The molecule has 1 aromatic carbocycles. The van der Waals surface area contributed by atoms with Gasteiger partial charge < -0.3 is 5.11 Å². The fourth-order valence-electron chi connectivity index (χ4n) is 4.70. The number of rotatable bonds is 4. The number of nitrogens with zero attached hydrogens (tertiary/aromatic N) is 3. The number of carboxylic acid groups (broad SMARTS) is 1. The second kappa shape index (κ2) is 6.89. The van der Waals surface area contributed by atoms with Crippen LogP contribution in [0.1, 0.15) is 47.4 Å². The lowest BCUT2D eigenvalue weighted by Gasteiger charge is -2.36. The molecule has 2 aliphatic carbocycles. The first-order chi connectivity index (χ1) is 13.7. The lowest BCUT2D eigenvalue weighted by molar-refractivity contribution is 0.0690. The first-order valence-corrected chi connectivity index (χ1v) is 10.1. The molecule has 2 aromatic heterocycles. The smallest absolute Gasteiger partial charge is 0.354 e. The molecule has 1 saturated carbocycles. The van der Waals surface area contributed by atoms with Gasteiger partial charge in [0.15, 0.2) is 5.69 Å². The molecule has 2 heterocycles. The van der Waals surface area contributed by atoms with Gasteiger partial charge in [-0.15, -0.1) is 0 Å². The van der Waals surface area contributed by atoms with Gasteiger partial charge in [0.05, 0.1) is 5.69 Å². The summed E-state index contributed by atoms with van der Waals surface area (Å²) < 4.78 is 2.08. The monoisotopic (exact) mass is 373 g/mol. The van der Waals surface area contributed by atoms with Gasteiger partial charge in [-0.1, -0.05) is 49.6 Å². The van der Waals surface area contributed by atoms with Crippen molar-refractivity contribution in [1.29, 1.82) is 0 Å². The van der Waals surface area contributed by atoms with E-state index in [1.165, 1.54) is 49.2 Å². The predicted octanol–water partition coefficient (Wildman–Crippen LogP) is 4.54. The molecule has 0 radical (unpaired) electrons. The molecule has 0 bridgehead atoms. The lowest BCUT2D eigenvalue weighted by atomic mass is 9.70. The van der Waals surface area contributed by atoms with Gasteiger partial charge in [0.2, 0.25) is 5.95 Å². The molecule has 1 fully saturated rings. The summed E-state index contributed by atoms with van der Waals surface area (Å²) >= 11 is 0. The summed E-state index contributed by atoms with van der Waals surface area (Å²) in [6.07, 6.45) is 8.93. The van der Waals surface area contributed by atoms with Gasteiger partial charge in [-0.3, -0.25) is 4.57 Å². The summed E-state index contributed by atoms with van der Waals surface area (Å²) in [6, 6.07) is 13.9. The molecule has 0 aliphatic heterocycles. The Morgan fingerprint density at radius 1 is 1.07 bits per heavy atom. The van der Waals surface area contributed by atoms with Crippen LogP contribution in [0.15, 0.2) is 48.7 Å². The molecule has 0 amide bonds. The summed E-state index contributed by atoms with van der Waals surface area (Å²) in [4.78, 5) is 20.2. The van der Waals surface area contributed by atoms with Crippen molar-refractivity contribution in [1.82, 2.24) is 14.5 Å². The minimum Gasteiger partial charge on any atom is -0.477 e. The Bertz CT molecular complexity index is 1020. The van der Waals surface area contributed by atoms with Gasteiger partial charge in [-0.2, -0.15) is 0 Å². The van der Waals surface area contributed by atoms with Gasteiger partial charge in [0.1, 0.15) is 0 Å². The molecular formula is C23H23N3O2. The van der Waals surface area contributed by atoms with Crippen molar-refractivity contribution in [3.05, 3.63) is 65.6 Å². The first kappa shape index (κ1) is 17.2. The molecule has 142 valence electrons. The molecule has 0 saturated heterocycles. The Balaban J connectivity index is 1.64. The predicted molar refractivity (Wildman–Crippen MR) is 107 cm³/mol. The second-order valence-corrected chi connectivity index (χ2v) is 7.94. The summed E-state index contributed by atoms with van der Waals surface area (Å²) in [7, 11) is 0. The van der Waals surface area contributed by atoms with Crippen molar-refractivity contribution >= 4 is 5.97 Å². The van der Waals surface area contributed by atoms with Crippen molar-refractivity contribution in [2.45, 2.75) is 38.5 Å². The Morgan fingerprint density at radius 2 is 1.89 bits per heavy atom. The molecule has 5 nitrogen and oxygen atoms in total. The van der Waals surface area contributed by atoms with Crippen LogP contribution in [0.25, 0.3) is 17.2 Å². The van der Waals surface area contributed by atoms with Crippen LogP contribution in [0, 0.1) is 11.8 Å². The van der Waals surface area contributed by atoms with Crippen molar-refractivity contribution in [2.75, 3.05) is 0 Å². The van der Waals surface area contributed by atoms with E-state index in [1.807, 2.05) is 18.2 Å². The first-order valence-electron chi connectivity index (χ1n) is 10.1. The molecule has 2 aliphatic rings. The third kappa shape index (κ3) is 2.91. The molecule has 3 aromatic rings. The van der Waals surface area contributed by atoms with Gasteiger partial charge in [0.25, 0.3) is 0 Å². The number of aromatic nitrogens is 3. The molecular weight excluding hydrogens is 350 g/mol.